The van der Waals surface area contributed by atoms with E-state index in [9.17, 15) is 10.1 Å². The Kier molecular flexibility index (Phi) is 7.30. The van der Waals surface area contributed by atoms with Gasteiger partial charge in [0, 0.05) is 29.1 Å². The fourth-order valence-electron chi connectivity index (χ4n) is 3.21. The second kappa shape index (κ2) is 10.9. The monoisotopic (exact) mass is 484 g/mol. The second-order valence-electron chi connectivity index (χ2n) is 7.77. The molecule has 3 aromatic carbocycles. The normalized spacial score (nSPS) is 10.8. The van der Waals surface area contributed by atoms with Crippen LogP contribution in [0.25, 0.3) is 0 Å². The Labute approximate surface area is 207 Å². The summed E-state index contributed by atoms with van der Waals surface area (Å²) in [7, 11) is 1.59. The van der Waals surface area contributed by atoms with Crippen LogP contribution in [0, 0.1) is 24.0 Å². The molecular formula is C25H24N8O3. The number of nitro groups is 1. The first kappa shape index (κ1) is 24.1. The van der Waals surface area contributed by atoms with Crippen molar-refractivity contribution in [1.82, 2.24) is 15.0 Å². The first-order chi connectivity index (χ1) is 17.4. The average molecular weight is 485 g/mol. The van der Waals surface area contributed by atoms with Crippen molar-refractivity contribution in [1.29, 1.82) is 0 Å². The van der Waals surface area contributed by atoms with Crippen LogP contribution in [0.1, 0.15) is 16.7 Å². The maximum Gasteiger partial charge on any atom is 0.269 e. The molecule has 0 aliphatic heterocycles. The van der Waals surface area contributed by atoms with Crippen molar-refractivity contribution in [2.24, 2.45) is 5.10 Å². The SMILES string of the molecule is COc1ccccc1/C=N/Nc1nc(Nc2ccc([N+](=O)[O-])cc2)nc(Nc2ccc(C)c(C)c2)n1. The lowest BCUT2D eigenvalue weighted by Crippen LogP contribution is -2.07. The van der Waals surface area contributed by atoms with Gasteiger partial charge in [-0.2, -0.15) is 20.1 Å². The molecule has 0 saturated heterocycles. The molecular weight excluding hydrogens is 460 g/mol. The highest BCUT2D eigenvalue weighted by molar-refractivity contribution is 5.83. The molecule has 1 heterocycles. The second-order valence-corrected chi connectivity index (χ2v) is 7.77. The van der Waals surface area contributed by atoms with E-state index in [1.807, 2.05) is 56.3 Å². The van der Waals surface area contributed by atoms with E-state index in [0.717, 1.165) is 16.8 Å². The van der Waals surface area contributed by atoms with Gasteiger partial charge in [0.2, 0.25) is 17.8 Å². The zero-order valence-electron chi connectivity index (χ0n) is 19.9. The van der Waals surface area contributed by atoms with Gasteiger partial charge in [0.15, 0.2) is 0 Å². The highest BCUT2D eigenvalue weighted by Crippen LogP contribution is 2.22. The van der Waals surface area contributed by atoms with E-state index < -0.39 is 4.92 Å². The number of aryl methyl sites for hydroxylation is 2. The number of ether oxygens (including phenoxy) is 1. The zero-order chi connectivity index (χ0) is 25.5. The third-order valence-electron chi connectivity index (χ3n) is 5.24. The van der Waals surface area contributed by atoms with Crippen molar-refractivity contribution >= 4 is 41.1 Å². The molecule has 0 fully saturated rings. The van der Waals surface area contributed by atoms with Gasteiger partial charge in [-0.3, -0.25) is 10.1 Å². The summed E-state index contributed by atoms with van der Waals surface area (Å²) in [6, 6.07) is 19.3. The fraction of sp³-hybridized carbons (Fsp3) is 0.120. The van der Waals surface area contributed by atoms with Gasteiger partial charge in [0.1, 0.15) is 5.75 Å². The van der Waals surface area contributed by atoms with Gasteiger partial charge < -0.3 is 15.4 Å². The van der Waals surface area contributed by atoms with Gasteiger partial charge >= 0.3 is 0 Å². The molecule has 0 amide bonds. The lowest BCUT2D eigenvalue weighted by atomic mass is 10.1. The number of rotatable bonds is 9. The van der Waals surface area contributed by atoms with Gasteiger partial charge in [-0.05, 0) is 61.4 Å². The maximum absolute atomic E-state index is 10.9. The highest BCUT2D eigenvalue weighted by atomic mass is 16.6. The number of nitrogens with zero attached hydrogens (tertiary/aromatic N) is 5. The first-order valence-corrected chi connectivity index (χ1v) is 11.0. The summed E-state index contributed by atoms with van der Waals surface area (Å²) in [5.74, 6) is 1.37. The molecule has 0 radical (unpaired) electrons. The minimum absolute atomic E-state index is 0.0127. The van der Waals surface area contributed by atoms with Crippen LogP contribution in [-0.2, 0) is 0 Å². The molecule has 0 saturated carbocycles. The van der Waals surface area contributed by atoms with Crippen LogP contribution in [0.15, 0.2) is 71.8 Å². The van der Waals surface area contributed by atoms with Crippen LogP contribution in [0.3, 0.4) is 0 Å². The predicted molar refractivity (Wildman–Crippen MR) is 140 cm³/mol. The molecule has 4 aromatic rings. The van der Waals surface area contributed by atoms with E-state index in [1.54, 1.807) is 25.5 Å². The number of non-ortho nitro benzene ring substituents is 1. The Hall–Kier alpha value is -5.06. The summed E-state index contributed by atoms with van der Waals surface area (Å²) in [6.45, 7) is 4.06. The Balaban J connectivity index is 1.61. The van der Waals surface area contributed by atoms with Crippen LogP contribution < -0.4 is 20.8 Å². The number of hydrazone groups is 1. The van der Waals surface area contributed by atoms with Gasteiger partial charge in [-0.15, -0.1) is 0 Å². The zero-order valence-corrected chi connectivity index (χ0v) is 19.9. The summed E-state index contributed by atoms with van der Waals surface area (Å²) < 4.78 is 5.34. The number of hydrogen-bond acceptors (Lipinski definition) is 10. The molecule has 1 aromatic heterocycles. The van der Waals surface area contributed by atoms with Crippen LogP contribution in [0.4, 0.5) is 34.9 Å². The van der Waals surface area contributed by atoms with Crippen LogP contribution >= 0.6 is 0 Å². The molecule has 3 N–H and O–H groups in total. The summed E-state index contributed by atoms with van der Waals surface area (Å²) in [4.78, 5) is 23.7. The number of aromatic nitrogens is 3. The van der Waals surface area contributed by atoms with Gasteiger partial charge in [-0.25, -0.2) is 5.43 Å². The molecule has 4 rings (SSSR count). The summed E-state index contributed by atoms with van der Waals surface area (Å²) in [5, 5.41) is 21.4. The van der Waals surface area contributed by atoms with Crippen molar-refractivity contribution in [3.05, 3.63) is 93.5 Å². The smallest absolute Gasteiger partial charge is 0.269 e. The minimum Gasteiger partial charge on any atom is -0.496 e. The average Bonchev–Trinajstić information content (AvgIpc) is 2.87. The van der Waals surface area contributed by atoms with Crippen LogP contribution in [-0.4, -0.2) is 33.2 Å². The van der Waals surface area contributed by atoms with E-state index in [0.29, 0.717) is 11.4 Å². The van der Waals surface area contributed by atoms with E-state index >= 15 is 0 Å². The molecule has 0 atom stereocenters. The number of anilines is 5. The largest absolute Gasteiger partial charge is 0.496 e. The third kappa shape index (κ3) is 6.08. The summed E-state index contributed by atoms with van der Waals surface area (Å²) in [5.41, 5.74) is 7.27. The first-order valence-electron chi connectivity index (χ1n) is 11.0. The standard InChI is InChI=1S/C25H24N8O3/c1-16-8-9-20(14-17(16)2)28-24-29-23(27-19-10-12-21(13-11-19)33(34)35)30-25(31-24)32-26-15-18-6-4-5-7-22(18)36-3/h4-15H,1-3H3,(H3,27,28,29,30,31,32)/b26-15+. The van der Waals surface area contributed by atoms with Gasteiger partial charge in [0.25, 0.3) is 5.69 Å². The van der Waals surface area contributed by atoms with E-state index in [2.05, 4.69) is 36.1 Å². The molecule has 182 valence electrons. The number of nitrogens with one attached hydrogen (secondary N) is 3. The molecule has 0 aliphatic rings. The quantitative estimate of drug-likeness (QED) is 0.163. The van der Waals surface area contributed by atoms with E-state index in [1.165, 1.54) is 17.7 Å². The fourth-order valence-corrected chi connectivity index (χ4v) is 3.21. The Morgan fingerprint density at radius 3 is 2.17 bits per heavy atom. The van der Waals surface area contributed by atoms with Crippen molar-refractivity contribution in [3.8, 4) is 5.75 Å². The third-order valence-corrected chi connectivity index (χ3v) is 5.24. The Morgan fingerprint density at radius 2 is 1.50 bits per heavy atom. The van der Waals surface area contributed by atoms with Crippen molar-refractivity contribution in [2.45, 2.75) is 13.8 Å². The topological polar surface area (TPSA) is 139 Å². The molecule has 0 spiro atoms. The number of benzene rings is 3. The number of methoxy groups -OCH3 is 1. The van der Waals surface area contributed by atoms with Crippen LogP contribution in [0.5, 0.6) is 5.75 Å². The Morgan fingerprint density at radius 1 is 0.861 bits per heavy atom. The summed E-state index contributed by atoms with van der Waals surface area (Å²) >= 11 is 0. The molecule has 0 aliphatic carbocycles. The molecule has 0 unspecified atom stereocenters. The van der Waals surface area contributed by atoms with E-state index in [-0.39, 0.29) is 23.5 Å². The Bertz CT molecular complexity index is 1410. The number of hydrogen-bond donors (Lipinski definition) is 3. The maximum atomic E-state index is 10.9. The van der Waals surface area contributed by atoms with E-state index in [4.69, 9.17) is 4.74 Å². The lowest BCUT2D eigenvalue weighted by molar-refractivity contribution is -0.384. The molecule has 11 nitrogen and oxygen atoms in total. The van der Waals surface area contributed by atoms with Gasteiger partial charge in [0.05, 0.1) is 18.2 Å². The molecule has 11 heteroatoms. The minimum atomic E-state index is -0.458. The molecule has 36 heavy (non-hydrogen) atoms. The lowest BCUT2D eigenvalue weighted by Gasteiger charge is -2.11. The predicted octanol–water partition coefficient (Wildman–Crippen LogP) is 5.34. The number of nitro benzene ring substituents is 1. The van der Waals surface area contributed by atoms with Crippen molar-refractivity contribution in [3.63, 3.8) is 0 Å². The van der Waals surface area contributed by atoms with Gasteiger partial charge in [-0.1, -0.05) is 18.2 Å². The highest BCUT2D eigenvalue weighted by Gasteiger charge is 2.10. The number of para-hydroxylation sites is 1. The van der Waals surface area contributed by atoms with Crippen LogP contribution in [0.2, 0.25) is 0 Å². The summed E-state index contributed by atoms with van der Waals surface area (Å²) in [6.07, 6.45) is 1.60. The van der Waals surface area contributed by atoms with Crippen molar-refractivity contribution < 1.29 is 9.66 Å². The molecule has 0 bridgehead atoms. The van der Waals surface area contributed by atoms with Crippen molar-refractivity contribution in [2.75, 3.05) is 23.2 Å².